The zero-order chi connectivity index (χ0) is 16.6. The Hall–Kier alpha value is -1.76. The first kappa shape index (κ1) is 18.3. The van der Waals surface area contributed by atoms with Gasteiger partial charge in [-0.2, -0.15) is 0 Å². The van der Waals surface area contributed by atoms with Gasteiger partial charge >= 0.3 is 6.09 Å². The number of nitrogens with zero attached hydrogens (tertiary/aromatic N) is 1. The molecule has 0 spiro atoms. The third kappa shape index (κ3) is 6.80. The topological polar surface area (TPSA) is 77.1 Å². The minimum Gasteiger partial charge on any atom is -0.500 e. The molecule has 0 aliphatic carbocycles. The second-order valence-electron chi connectivity index (χ2n) is 5.98. The highest BCUT2D eigenvalue weighted by molar-refractivity contribution is 5.93. The molecule has 0 fully saturated rings. The zero-order valence-electron chi connectivity index (χ0n) is 13.8. The first-order valence-corrected chi connectivity index (χ1v) is 7.39. The van der Waals surface area contributed by atoms with Crippen LogP contribution in [0.2, 0.25) is 0 Å². The van der Waals surface area contributed by atoms with E-state index in [2.05, 4.69) is 5.32 Å². The Labute approximate surface area is 131 Å². The number of carbonyl (C=O) groups is 2. The van der Waals surface area contributed by atoms with Gasteiger partial charge in [-0.3, -0.25) is 4.79 Å². The van der Waals surface area contributed by atoms with Crippen molar-refractivity contribution in [3.05, 3.63) is 11.8 Å². The van der Waals surface area contributed by atoms with Crippen molar-refractivity contribution in [2.45, 2.75) is 32.8 Å². The predicted molar refractivity (Wildman–Crippen MR) is 81.3 cm³/mol. The average molecular weight is 314 g/mol. The van der Waals surface area contributed by atoms with Crippen molar-refractivity contribution in [2.75, 3.05) is 40.0 Å². The lowest BCUT2D eigenvalue weighted by molar-refractivity contribution is -0.117. The van der Waals surface area contributed by atoms with Crippen molar-refractivity contribution in [1.82, 2.24) is 10.2 Å². The molecule has 0 aromatic carbocycles. The summed E-state index contributed by atoms with van der Waals surface area (Å²) in [5.74, 6) is -0.159. The fraction of sp³-hybridized carbons (Fsp3) is 0.733. The molecule has 22 heavy (non-hydrogen) atoms. The Balaban J connectivity index is 2.43. The monoisotopic (exact) mass is 314 g/mol. The molecule has 1 aliphatic rings. The minimum atomic E-state index is -0.558. The molecule has 0 unspecified atom stereocenters. The van der Waals surface area contributed by atoms with Crippen LogP contribution in [0.5, 0.6) is 0 Å². The highest BCUT2D eigenvalue weighted by Gasteiger charge is 2.22. The van der Waals surface area contributed by atoms with Gasteiger partial charge in [-0.25, -0.2) is 4.79 Å². The van der Waals surface area contributed by atoms with Crippen LogP contribution in [0.25, 0.3) is 0 Å². The number of nitrogens with one attached hydrogen (secondary N) is 1. The molecule has 2 amide bonds. The SMILES string of the molecule is COCCN(CCNC(=O)C1=COCC1)C(=O)OC(C)(C)C. The minimum absolute atomic E-state index is 0.159. The molecule has 0 bridgehead atoms. The number of methoxy groups -OCH3 is 1. The molecule has 0 aromatic heterocycles. The molecule has 7 nitrogen and oxygen atoms in total. The molecule has 0 saturated heterocycles. The molecule has 1 aliphatic heterocycles. The summed E-state index contributed by atoms with van der Waals surface area (Å²) >= 11 is 0. The van der Waals surface area contributed by atoms with Gasteiger partial charge in [-0.1, -0.05) is 0 Å². The summed E-state index contributed by atoms with van der Waals surface area (Å²) in [6.45, 7) is 7.51. The molecule has 0 saturated carbocycles. The number of amides is 2. The number of carbonyl (C=O) groups excluding carboxylic acids is 2. The molecule has 1 N–H and O–H groups in total. The van der Waals surface area contributed by atoms with Crippen LogP contribution in [0.15, 0.2) is 11.8 Å². The Morgan fingerprint density at radius 2 is 2.09 bits per heavy atom. The van der Waals surface area contributed by atoms with Crippen LogP contribution in [0.4, 0.5) is 4.79 Å². The highest BCUT2D eigenvalue weighted by Crippen LogP contribution is 2.11. The van der Waals surface area contributed by atoms with E-state index in [1.54, 1.807) is 7.11 Å². The standard InChI is InChI=1S/C15H26N2O5/c1-15(2,3)22-14(19)17(8-10-20-4)7-6-16-13(18)12-5-9-21-11-12/h11H,5-10H2,1-4H3,(H,16,18). The van der Waals surface area contributed by atoms with E-state index in [1.807, 2.05) is 20.8 Å². The summed E-state index contributed by atoms with van der Waals surface area (Å²) in [6.07, 6.45) is 1.68. The van der Waals surface area contributed by atoms with E-state index in [4.69, 9.17) is 14.2 Å². The molecule has 0 aromatic rings. The molecule has 1 heterocycles. The van der Waals surface area contributed by atoms with Crippen LogP contribution < -0.4 is 5.32 Å². The normalized spacial score (nSPS) is 14.1. The fourth-order valence-electron chi connectivity index (χ4n) is 1.79. The van der Waals surface area contributed by atoms with E-state index in [1.165, 1.54) is 11.2 Å². The van der Waals surface area contributed by atoms with Gasteiger partial charge in [0.15, 0.2) is 0 Å². The number of rotatable bonds is 7. The molecule has 0 radical (unpaired) electrons. The van der Waals surface area contributed by atoms with E-state index in [0.29, 0.717) is 44.8 Å². The Kier molecular flexibility index (Phi) is 7.17. The van der Waals surface area contributed by atoms with Crippen molar-refractivity contribution in [3.8, 4) is 0 Å². The second-order valence-corrected chi connectivity index (χ2v) is 5.98. The molecule has 0 atom stereocenters. The lowest BCUT2D eigenvalue weighted by Gasteiger charge is -2.27. The van der Waals surface area contributed by atoms with Crippen molar-refractivity contribution in [2.24, 2.45) is 0 Å². The van der Waals surface area contributed by atoms with E-state index in [-0.39, 0.29) is 5.91 Å². The fourth-order valence-corrected chi connectivity index (χ4v) is 1.79. The molecular weight excluding hydrogens is 288 g/mol. The lowest BCUT2D eigenvalue weighted by Crippen LogP contribution is -2.43. The summed E-state index contributed by atoms with van der Waals surface area (Å²) in [7, 11) is 1.57. The van der Waals surface area contributed by atoms with Crippen LogP contribution in [0, 0.1) is 0 Å². The van der Waals surface area contributed by atoms with Crippen molar-refractivity contribution < 1.29 is 23.8 Å². The van der Waals surface area contributed by atoms with Gasteiger partial charge in [0.2, 0.25) is 5.91 Å². The van der Waals surface area contributed by atoms with Gasteiger partial charge in [-0.05, 0) is 20.8 Å². The van der Waals surface area contributed by atoms with E-state index in [0.717, 1.165) is 0 Å². The zero-order valence-corrected chi connectivity index (χ0v) is 13.8. The Morgan fingerprint density at radius 1 is 1.36 bits per heavy atom. The summed E-state index contributed by atoms with van der Waals surface area (Å²) in [4.78, 5) is 25.4. The van der Waals surface area contributed by atoms with Crippen molar-refractivity contribution >= 4 is 12.0 Å². The molecule has 1 rings (SSSR count). The van der Waals surface area contributed by atoms with Gasteiger partial charge in [0.1, 0.15) is 5.60 Å². The summed E-state index contributed by atoms with van der Waals surface area (Å²) in [6, 6.07) is 0. The third-order valence-electron chi connectivity index (χ3n) is 2.89. The molecular formula is C15H26N2O5. The number of hydrogen-bond acceptors (Lipinski definition) is 5. The molecule has 7 heteroatoms. The van der Waals surface area contributed by atoms with Crippen LogP contribution >= 0.6 is 0 Å². The van der Waals surface area contributed by atoms with Crippen LogP contribution in [-0.2, 0) is 19.0 Å². The smallest absolute Gasteiger partial charge is 0.410 e. The lowest BCUT2D eigenvalue weighted by atomic mass is 10.2. The van der Waals surface area contributed by atoms with Gasteiger partial charge in [0, 0.05) is 33.2 Å². The van der Waals surface area contributed by atoms with Crippen molar-refractivity contribution in [1.29, 1.82) is 0 Å². The van der Waals surface area contributed by atoms with E-state index >= 15 is 0 Å². The quantitative estimate of drug-likeness (QED) is 0.766. The van der Waals surface area contributed by atoms with Crippen LogP contribution in [0.3, 0.4) is 0 Å². The van der Waals surface area contributed by atoms with E-state index in [9.17, 15) is 9.59 Å². The Morgan fingerprint density at radius 3 is 2.64 bits per heavy atom. The van der Waals surface area contributed by atoms with Crippen LogP contribution in [0.1, 0.15) is 27.2 Å². The van der Waals surface area contributed by atoms with Crippen LogP contribution in [-0.4, -0.2) is 62.5 Å². The van der Waals surface area contributed by atoms with Gasteiger partial charge in [0.05, 0.1) is 25.0 Å². The Bertz CT molecular complexity index is 415. The summed E-state index contributed by atoms with van der Waals surface area (Å²) in [5.41, 5.74) is 0.0678. The maximum atomic E-state index is 12.1. The maximum Gasteiger partial charge on any atom is 0.410 e. The summed E-state index contributed by atoms with van der Waals surface area (Å²) < 4.78 is 15.4. The van der Waals surface area contributed by atoms with Crippen molar-refractivity contribution in [3.63, 3.8) is 0 Å². The summed E-state index contributed by atoms with van der Waals surface area (Å²) in [5, 5.41) is 2.77. The third-order valence-corrected chi connectivity index (χ3v) is 2.89. The van der Waals surface area contributed by atoms with Gasteiger partial charge in [0.25, 0.3) is 0 Å². The maximum absolute atomic E-state index is 12.1. The highest BCUT2D eigenvalue weighted by atomic mass is 16.6. The second kappa shape index (κ2) is 8.63. The first-order chi connectivity index (χ1) is 10.3. The number of ether oxygens (including phenoxy) is 3. The van der Waals surface area contributed by atoms with Gasteiger partial charge < -0.3 is 24.4 Å². The average Bonchev–Trinajstić information content (AvgIpc) is 2.94. The van der Waals surface area contributed by atoms with Gasteiger partial charge in [-0.15, -0.1) is 0 Å². The number of hydrogen-bond donors (Lipinski definition) is 1. The largest absolute Gasteiger partial charge is 0.500 e. The first-order valence-electron chi connectivity index (χ1n) is 7.39. The van der Waals surface area contributed by atoms with E-state index < -0.39 is 11.7 Å². The predicted octanol–water partition coefficient (Wildman–Crippen LogP) is 1.29. The molecule has 126 valence electrons.